The lowest BCUT2D eigenvalue weighted by Crippen LogP contribution is -2.51. The Bertz CT molecular complexity index is 773. The van der Waals surface area contributed by atoms with E-state index in [4.69, 9.17) is 11.6 Å². The molecule has 2 rings (SSSR count). The molecule has 0 fully saturated rings. The molecule has 0 saturated carbocycles. The Labute approximate surface area is 152 Å². The number of carbonyl (C=O) groups excluding carboxylic acids is 3. The third kappa shape index (κ3) is 4.70. The van der Waals surface area contributed by atoms with Gasteiger partial charge in [0.2, 0.25) is 0 Å². The summed E-state index contributed by atoms with van der Waals surface area (Å²) in [7, 11) is 0. The van der Waals surface area contributed by atoms with Crippen molar-refractivity contribution in [1.82, 2.24) is 5.32 Å². The van der Waals surface area contributed by atoms with Crippen LogP contribution in [0.4, 0.5) is 13.2 Å². The summed E-state index contributed by atoms with van der Waals surface area (Å²) >= 11 is 5.72. The number of alkyl halides is 3. The zero-order chi connectivity index (χ0) is 19.5. The Morgan fingerprint density at radius 2 is 1.31 bits per heavy atom. The summed E-state index contributed by atoms with van der Waals surface area (Å²) in [6.45, 7) is 1.76. The van der Waals surface area contributed by atoms with E-state index in [0.29, 0.717) is 5.02 Å². The molecule has 8 heteroatoms. The molecule has 26 heavy (non-hydrogen) atoms. The fraction of sp³-hybridized carbons (Fsp3) is 0.167. The first-order valence-corrected chi connectivity index (χ1v) is 7.76. The number of benzene rings is 2. The van der Waals surface area contributed by atoms with Crippen LogP contribution in [0.25, 0.3) is 0 Å². The number of nitrogens with one attached hydrogen (secondary N) is 1. The molecule has 0 saturated heterocycles. The van der Waals surface area contributed by atoms with Crippen LogP contribution in [0.3, 0.4) is 0 Å². The molecule has 1 atom stereocenters. The van der Waals surface area contributed by atoms with Gasteiger partial charge in [0.15, 0.2) is 17.6 Å². The fourth-order valence-corrected chi connectivity index (χ4v) is 2.25. The highest BCUT2D eigenvalue weighted by atomic mass is 35.5. The zero-order valence-corrected chi connectivity index (χ0v) is 14.2. The lowest BCUT2D eigenvalue weighted by molar-refractivity contribution is -0.173. The van der Waals surface area contributed by atoms with Gasteiger partial charge >= 0.3 is 12.1 Å². The molecule has 1 amide bonds. The number of aryl methyl sites for hydroxylation is 1. The van der Waals surface area contributed by atoms with Gasteiger partial charge in [-0.2, -0.15) is 13.2 Å². The molecule has 1 unspecified atom stereocenters. The van der Waals surface area contributed by atoms with E-state index in [1.807, 2.05) is 0 Å². The van der Waals surface area contributed by atoms with Crippen LogP contribution in [0.1, 0.15) is 26.3 Å². The molecule has 1 N–H and O–H groups in total. The van der Waals surface area contributed by atoms with Gasteiger partial charge in [0.05, 0.1) is 0 Å². The summed E-state index contributed by atoms with van der Waals surface area (Å²) in [6, 6.07) is 9.12. The van der Waals surface area contributed by atoms with E-state index in [1.54, 1.807) is 19.1 Å². The maximum absolute atomic E-state index is 12.6. The first kappa shape index (κ1) is 19.7. The summed E-state index contributed by atoms with van der Waals surface area (Å²) in [4.78, 5) is 36.4. The molecular weight excluding hydrogens is 371 g/mol. The smallest absolute Gasteiger partial charge is 0.331 e. The summed E-state index contributed by atoms with van der Waals surface area (Å²) in [6.07, 6.45) is -5.23. The molecule has 0 aliphatic carbocycles. The molecule has 0 radical (unpaired) electrons. The lowest BCUT2D eigenvalue weighted by Gasteiger charge is -2.18. The van der Waals surface area contributed by atoms with Gasteiger partial charge in [0, 0.05) is 16.1 Å². The van der Waals surface area contributed by atoms with Gasteiger partial charge in [-0.1, -0.05) is 41.4 Å². The number of halogens is 4. The number of hydrogen-bond acceptors (Lipinski definition) is 3. The van der Waals surface area contributed by atoms with Crippen LogP contribution >= 0.6 is 11.6 Å². The van der Waals surface area contributed by atoms with E-state index in [9.17, 15) is 27.6 Å². The third-order valence-electron chi connectivity index (χ3n) is 3.52. The minimum Gasteiger partial charge on any atom is -0.331 e. The van der Waals surface area contributed by atoms with Gasteiger partial charge in [0.25, 0.3) is 0 Å². The second-order valence-corrected chi connectivity index (χ2v) is 5.94. The van der Waals surface area contributed by atoms with Gasteiger partial charge in [0.1, 0.15) is 0 Å². The normalized spacial score (nSPS) is 12.3. The van der Waals surface area contributed by atoms with Crippen molar-refractivity contribution >= 4 is 29.1 Å². The van der Waals surface area contributed by atoms with Crippen LogP contribution in [-0.2, 0) is 4.79 Å². The Morgan fingerprint density at radius 3 is 1.73 bits per heavy atom. The average Bonchev–Trinajstić information content (AvgIpc) is 2.58. The minimum atomic E-state index is -5.23. The van der Waals surface area contributed by atoms with Crippen LogP contribution in [0.15, 0.2) is 48.5 Å². The van der Waals surface area contributed by atoms with Crippen molar-refractivity contribution in [1.29, 1.82) is 0 Å². The van der Waals surface area contributed by atoms with Crippen LogP contribution in [-0.4, -0.2) is 29.7 Å². The number of rotatable bonds is 5. The zero-order valence-electron chi connectivity index (χ0n) is 13.4. The lowest BCUT2D eigenvalue weighted by atomic mass is 9.95. The average molecular weight is 384 g/mol. The Balaban J connectivity index is 2.39. The summed E-state index contributed by atoms with van der Waals surface area (Å²) in [5.74, 6) is -4.28. The van der Waals surface area contributed by atoms with Crippen molar-refractivity contribution in [2.75, 3.05) is 0 Å². The van der Waals surface area contributed by atoms with Gasteiger partial charge in [-0.25, -0.2) is 0 Å². The number of hydrogen-bond donors (Lipinski definition) is 1. The largest absolute Gasteiger partial charge is 0.471 e. The van der Waals surface area contributed by atoms with Gasteiger partial charge in [-0.05, 0) is 31.2 Å². The minimum absolute atomic E-state index is 0.00499. The fourth-order valence-electron chi connectivity index (χ4n) is 2.13. The van der Waals surface area contributed by atoms with E-state index in [2.05, 4.69) is 0 Å². The van der Waals surface area contributed by atoms with Crippen molar-refractivity contribution in [3.8, 4) is 0 Å². The predicted octanol–water partition coefficient (Wildman–Crippen LogP) is 3.76. The quantitative estimate of drug-likeness (QED) is 0.631. The van der Waals surface area contributed by atoms with Crippen LogP contribution in [0.2, 0.25) is 5.02 Å². The second kappa shape index (κ2) is 7.70. The van der Waals surface area contributed by atoms with E-state index in [-0.39, 0.29) is 11.1 Å². The van der Waals surface area contributed by atoms with E-state index >= 15 is 0 Å². The van der Waals surface area contributed by atoms with Crippen molar-refractivity contribution in [3.63, 3.8) is 0 Å². The highest BCUT2D eigenvalue weighted by molar-refractivity contribution is 6.30. The molecular formula is C18H13ClF3NO3. The van der Waals surface area contributed by atoms with Gasteiger partial charge < -0.3 is 5.32 Å². The van der Waals surface area contributed by atoms with Crippen molar-refractivity contribution < 1.29 is 27.6 Å². The number of carbonyl (C=O) groups is 3. The first-order chi connectivity index (χ1) is 12.1. The van der Waals surface area contributed by atoms with Gasteiger partial charge in [-0.3, -0.25) is 14.4 Å². The van der Waals surface area contributed by atoms with E-state index < -0.39 is 29.7 Å². The first-order valence-electron chi connectivity index (χ1n) is 7.38. The number of amides is 1. The summed E-state index contributed by atoms with van der Waals surface area (Å²) in [5, 5.41) is 1.79. The third-order valence-corrected chi connectivity index (χ3v) is 3.77. The SMILES string of the molecule is Cc1ccc(C(=O)C(NC(=O)C(F)(F)F)C(=O)c2ccc(Cl)cc2)cc1. The molecule has 0 aliphatic heterocycles. The molecule has 2 aromatic rings. The summed E-state index contributed by atoms with van der Waals surface area (Å²) in [5.41, 5.74) is 0.772. The molecule has 0 bridgehead atoms. The number of Topliss-reactive ketones (excluding diaryl/α,β-unsaturated/α-hetero) is 2. The van der Waals surface area contributed by atoms with Crippen LogP contribution < -0.4 is 5.32 Å². The highest BCUT2D eigenvalue weighted by Gasteiger charge is 2.42. The van der Waals surface area contributed by atoms with Crippen LogP contribution in [0, 0.1) is 6.92 Å². The summed E-state index contributed by atoms with van der Waals surface area (Å²) < 4.78 is 37.8. The molecule has 0 heterocycles. The monoisotopic (exact) mass is 383 g/mol. The molecule has 0 aliphatic rings. The molecule has 136 valence electrons. The topological polar surface area (TPSA) is 63.2 Å². The van der Waals surface area contributed by atoms with E-state index in [1.165, 1.54) is 41.7 Å². The van der Waals surface area contributed by atoms with E-state index in [0.717, 1.165) is 5.56 Å². The van der Waals surface area contributed by atoms with Crippen LogP contribution in [0.5, 0.6) is 0 Å². The molecule has 0 spiro atoms. The van der Waals surface area contributed by atoms with Crippen molar-refractivity contribution in [3.05, 3.63) is 70.2 Å². The maximum atomic E-state index is 12.6. The second-order valence-electron chi connectivity index (χ2n) is 5.51. The molecule has 4 nitrogen and oxygen atoms in total. The number of ketones is 2. The molecule has 0 aromatic heterocycles. The molecule has 2 aromatic carbocycles. The maximum Gasteiger partial charge on any atom is 0.471 e. The van der Waals surface area contributed by atoms with Crippen molar-refractivity contribution in [2.45, 2.75) is 19.1 Å². The van der Waals surface area contributed by atoms with Gasteiger partial charge in [-0.15, -0.1) is 0 Å². The van der Waals surface area contributed by atoms with Crippen molar-refractivity contribution in [2.24, 2.45) is 0 Å². The standard InChI is InChI=1S/C18H13ClF3NO3/c1-10-2-4-11(5-3-10)15(24)14(23-17(26)18(20,21)22)16(25)12-6-8-13(19)9-7-12/h2-9,14H,1H3,(H,23,26). The Kier molecular flexibility index (Phi) is 5.82. The Morgan fingerprint density at radius 1 is 0.885 bits per heavy atom. The Hall–Kier alpha value is -2.67. The highest BCUT2D eigenvalue weighted by Crippen LogP contribution is 2.18. The predicted molar refractivity (Wildman–Crippen MR) is 89.3 cm³/mol.